The monoisotopic (exact) mass is 388 g/mol. The number of benzene rings is 2. The van der Waals surface area contributed by atoms with Crippen molar-refractivity contribution >= 4 is 44.5 Å². The summed E-state index contributed by atoms with van der Waals surface area (Å²) in [5.41, 5.74) is 4.18. The largest absolute Gasteiger partial charge is 0.326 e. The molecule has 0 unspecified atom stereocenters. The van der Waals surface area contributed by atoms with Gasteiger partial charge in [-0.05, 0) is 52.9 Å². The number of aryl methyl sites for hydroxylation is 2. The lowest BCUT2D eigenvalue weighted by atomic mass is 10.2. The van der Waals surface area contributed by atoms with Crippen LogP contribution in [0.25, 0.3) is 33.5 Å². The van der Waals surface area contributed by atoms with Gasteiger partial charge in [0.15, 0.2) is 5.82 Å². The van der Waals surface area contributed by atoms with E-state index in [1.807, 2.05) is 37.0 Å². The minimum atomic E-state index is 0.906. The normalized spacial score (nSPS) is 11.6. The fraction of sp³-hybridized carbons (Fsp3) is 0.125. The Morgan fingerprint density at radius 1 is 1.00 bits per heavy atom. The van der Waals surface area contributed by atoms with Crippen LogP contribution >= 0.6 is 22.6 Å². The van der Waals surface area contributed by atoms with E-state index in [0.29, 0.717) is 0 Å². The van der Waals surface area contributed by atoms with Gasteiger partial charge in [0, 0.05) is 23.1 Å². The summed E-state index contributed by atoms with van der Waals surface area (Å²) in [6.07, 6.45) is 0. The van der Waals surface area contributed by atoms with Crippen LogP contribution in [0.1, 0.15) is 0 Å². The lowest BCUT2D eigenvalue weighted by molar-refractivity contribution is 0.793. The van der Waals surface area contributed by atoms with E-state index >= 15 is 0 Å². The summed E-state index contributed by atoms with van der Waals surface area (Å²) in [5, 5.41) is 5.82. The van der Waals surface area contributed by atoms with Gasteiger partial charge in [-0.1, -0.05) is 12.1 Å². The van der Waals surface area contributed by atoms with E-state index in [9.17, 15) is 0 Å². The molecule has 2 heterocycles. The molecule has 0 aliphatic rings. The molecule has 2 aromatic heterocycles. The number of nitrogens with zero attached hydrogens (tertiary/aromatic N) is 4. The third-order valence-electron chi connectivity index (χ3n) is 3.81. The van der Waals surface area contributed by atoms with E-state index in [0.717, 1.165) is 33.5 Å². The van der Waals surface area contributed by atoms with E-state index in [-0.39, 0.29) is 0 Å². The Morgan fingerprint density at radius 2 is 1.81 bits per heavy atom. The molecule has 0 atom stereocenters. The Hall–Kier alpha value is -1.89. The standard InChI is InChI=1S/C16H13IN4/c1-20-13-6-4-3-5-12(13)18-16(20)15-11-8-7-10(17)9-14(11)21(2)19-15/h3-9H,1-2H3. The molecule has 0 saturated carbocycles. The van der Waals surface area contributed by atoms with Crippen molar-refractivity contribution in [2.45, 2.75) is 0 Å². The summed E-state index contributed by atoms with van der Waals surface area (Å²) in [5.74, 6) is 0.906. The highest BCUT2D eigenvalue weighted by atomic mass is 127. The van der Waals surface area contributed by atoms with Gasteiger partial charge in [-0.25, -0.2) is 4.98 Å². The van der Waals surface area contributed by atoms with Crippen molar-refractivity contribution in [1.82, 2.24) is 19.3 Å². The van der Waals surface area contributed by atoms with Crippen LogP contribution in [0.15, 0.2) is 42.5 Å². The smallest absolute Gasteiger partial charge is 0.162 e. The van der Waals surface area contributed by atoms with Crippen LogP contribution in [-0.2, 0) is 14.1 Å². The molecule has 0 N–H and O–H groups in total. The fourth-order valence-corrected chi connectivity index (χ4v) is 3.23. The maximum absolute atomic E-state index is 4.75. The van der Waals surface area contributed by atoms with E-state index in [1.54, 1.807) is 0 Å². The van der Waals surface area contributed by atoms with Crippen LogP contribution in [0.4, 0.5) is 0 Å². The van der Waals surface area contributed by atoms with Crippen LogP contribution in [0.5, 0.6) is 0 Å². The van der Waals surface area contributed by atoms with E-state index in [2.05, 4.69) is 56.5 Å². The van der Waals surface area contributed by atoms with Gasteiger partial charge in [0.25, 0.3) is 0 Å². The lowest BCUT2D eigenvalue weighted by Gasteiger charge is -1.99. The fourth-order valence-electron chi connectivity index (χ4n) is 2.75. The molecule has 0 radical (unpaired) electrons. The number of rotatable bonds is 1. The number of fused-ring (bicyclic) bond motifs is 2. The van der Waals surface area contributed by atoms with Crippen molar-refractivity contribution in [1.29, 1.82) is 0 Å². The third kappa shape index (κ3) is 1.87. The van der Waals surface area contributed by atoms with Crippen LogP contribution in [-0.4, -0.2) is 19.3 Å². The van der Waals surface area contributed by atoms with Gasteiger partial charge >= 0.3 is 0 Å². The molecule has 4 nitrogen and oxygen atoms in total. The van der Waals surface area contributed by atoms with Crippen molar-refractivity contribution < 1.29 is 0 Å². The highest BCUT2D eigenvalue weighted by Gasteiger charge is 2.16. The molecule has 2 aromatic carbocycles. The average Bonchev–Trinajstić information content (AvgIpc) is 2.98. The Bertz CT molecular complexity index is 981. The molecule has 4 rings (SSSR count). The average molecular weight is 388 g/mol. The molecule has 0 fully saturated rings. The van der Waals surface area contributed by atoms with Crippen LogP contribution in [0.2, 0.25) is 0 Å². The van der Waals surface area contributed by atoms with Gasteiger partial charge < -0.3 is 4.57 Å². The summed E-state index contributed by atoms with van der Waals surface area (Å²) in [6.45, 7) is 0. The van der Waals surface area contributed by atoms with E-state index < -0.39 is 0 Å². The summed E-state index contributed by atoms with van der Waals surface area (Å²) in [4.78, 5) is 4.75. The number of hydrogen-bond donors (Lipinski definition) is 0. The number of halogens is 1. The molecule has 21 heavy (non-hydrogen) atoms. The quantitative estimate of drug-likeness (QED) is 0.466. The SMILES string of the molecule is Cn1nc(-c2nc3ccccc3n2C)c2ccc(I)cc21. The molecule has 4 aromatic rings. The van der Waals surface area contributed by atoms with Crippen molar-refractivity contribution in [2.24, 2.45) is 14.1 Å². The first-order valence-corrected chi connectivity index (χ1v) is 7.77. The van der Waals surface area contributed by atoms with Crippen molar-refractivity contribution in [3.05, 3.63) is 46.0 Å². The molecule has 0 bridgehead atoms. The van der Waals surface area contributed by atoms with Crippen LogP contribution < -0.4 is 0 Å². The van der Waals surface area contributed by atoms with E-state index in [1.165, 1.54) is 3.57 Å². The Kier molecular flexibility index (Phi) is 2.78. The predicted molar refractivity (Wildman–Crippen MR) is 93.1 cm³/mol. The molecular formula is C16H13IN4. The van der Waals surface area contributed by atoms with Gasteiger partial charge in [-0.2, -0.15) is 5.10 Å². The first-order valence-electron chi connectivity index (χ1n) is 6.69. The number of hydrogen-bond acceptors (Lipinski definition) is 2. The molecule has 0 spiro atoms. The second-order valence-electron chi connectivity index (χ2n) is 5.12. The predicted octanol–water partition coefficient (Wildman–Crippen LogP) is 3.73. The first-order chi connectivity index (χ1) is 10.1. The maximum atomic E-state index is 4.75. The highest BCUT2D eigenvalue weighted by molar-refractivity contribution is 14.1. The molecule has 0 aliphatic heterocycles. The van der Waals surface area contributed by atoms with Gasteiger partial charge in [0.1, 0.15) is 5.69 Å². The van der Waals surface area contributed by atoms with Gasteiger partial charge in [-0.3, -0.25) is 4.68 Å². The molecular weight excluding hydrogens is 375 g/mol. The summed E-state index contributed by atoms with van der Waals surface area (Å²) < 4.78 is 5.24. The third-order valence-corrected chi connectivity index (χ3v) is 4.48. The summed E-state index contributed by atoms with van der Waals surface area (Å²) in [7, 11) is 4.02. The van der Waals surface area contributed by atoms with Gasteiger partial charge in [-0.15, -0.1) is 0 Å². The first kappa shape index (κ1) is 12.8. The van der Waals surface area contributed by atoms with Gasteiger partial charge in [0.05, 0.1) is 16.6 Å². The summed E-state index contributed by atoms with van der Waals surface area (Å²) in [6, 6.07) is 14.5. The zero-order valence-electron chi connectivity index (χ0n) is 11.7. The molecule has 0 amide bonds. The number of para-hydroxylation sites is 2. The molecule has 0 saturated heterocycles. The Labute approximate surface area is 135 Å². The zero-order chi connectivity index (χ0) is 14.6. The van der Waals surface area contributed by atoms with Gasteiger partial charge in [0.2, 0.25) is 0 Å². The minimum absolute atomic E-state index is 0.906. The van der Waals surface area contributed by atoms with Crippen LogP contribution in [0, 0.1) is 3.57 Å². The van der Waals surface area contributed by atoms with Crippen molar-refractivity contribution in [3.8, 4) is 11.5 Å². The topological polar surface area (TPSA) is 35.6 Å². The summed E-state index contributed by atoms with van der Waals surface area (Å²) >= 11 is 2.32. The molecule has 5 heteroatoms. The maximum Gasteiger partial charge on any atom is 0.162 e. The molecule has 104 valence electrons. The minimum Gasteiger partial charge on any atom is -0.326 e. The van der Waals surface area contributed by atoms with Crippen molar-refractivity contribution in [2.75, 3.05) is 0 Å². The highest BCUT2D eigenvalue weighted by Crippen LogP contribution is 2.29. The Morgan fingerprint density at radius 3 is 2.62 bits per heavy atom. The zero-order valence-corrected chi connectivity index (χ0v) is 13.9. The van der Waals surface area contributed by atoms with E-state index in [4.69, 9.17) is 4.98 Å². The number of aromatic nitrogens is 4. The second kappa shape index (κ2) is 4.56. The van der Waals surface area contributed by atoms with Crippen molar-refractivity contribution in [3.63, 3.8) is 0 Å². The number of imidazole rings is 1. The lowest BCUT2D eigenvalue weighted by Crippen LogP contribution is -1.95. The van der Waals surface area contributed by atoms with Crippen LogP contribution in [0.3, 0.4) is 0 Å². The molecule has 0 aliphatic carbocycles. The second-order valence-corrected chi connectivity index (χ2v) is 6.36. The Balaban J connectivity index is 2.07.